The van der Waals surface area contributed by atoms with E-state index in [1.54, 1.807) is 0 Å². The lowest BCUT2D eigenvalue weighted by Gasteiger charge is -2.21. The van der Waals surface area contributed by atoms with E-state index in [1.165, 1.54) is 12.8 Å². The number of nitrogens with zero attached hydrogens (tertiary/aromatic N) is 2. The molecule has 1 aromatic rings. The van der Waals surface area contributed by atoms with Gasteiger partial charge in [0.1, 0.15) is 0 Å². The first-order valence-corrected chi connectivity index (χ1v) is 5.34. The third kappa shape index (κ3) is 2.51. The molecule has 0 saturated carbocycles. The van der Waals surface area contributed by atoms with Crippen LogP contribution >= 0.6 is 0 Å². The van der Waals surface area contributed by atoms with Crippen molar-refractivity contribution in [2.45, 2.75) is 26.2 Å². The first kappa shape index (κ1) is 9.59. The molecule has 1 aliphatic rings. The summed E-state index contributed by atoms with van der Waals surface area (Å²) in [6, 6.07) is 4.15. The van der Waals surface area contributed by atoms with Crippen LogP contribution in [0.4, 0.5) is 0 Å². The smallest absolute Gasteiger partial charge is 0.0634 e. The zero-order chi connectivity index (χ0) is 9.80. The van der Waals surface area contributed by atoms with E-state index in [2.05, 4.69) is 21.6 Å². The Morgan fingerprint density at radius 3 is 2.71 bits per heavy atom. The number of nitrogens with one attached hydrogen (secondary N) is 1. The van der Waals surface area contributed by atoms with Gasteiger partial charge in [0.05, 0.1) is 11.4 Å². The quantitative estimate of drug-likeness (QED) is 0.766. The van der Waals surface area contributed by atoms with Crippen LogP contribution in [-0.4, -0.2) is 23.3 Å². The minimum atomic E-state index is 0.799. The van der Waals surface area contributed by atoms with Gasteiger partial charge < -0.3 is 5.32 Å². The van der Waals surface area contributed by atoms with Crippen LogP contribution in [0.5, 0.6) is 0 Å². The normalized spacial score (nSPS) is 18.4. The predicted molar refractivity (Wildman–Crippen MR) is 56.1 cm³/mol. The lowest BCUT2D eigenvalue weighted by molar-refractivity contribution is 0.369. The van der Waals surface area contributed by atoms with E-state index >= 15 is 0 Å². The zero-order valence-electron chi connectivity index (χ0n) is 8.66. The molecule has 0 atom stereocenters. The Balaban J connectivity index is 1.92. The minimum Gasteiger partial charge on any atom is -0.317 e. The first-order chi connectivity index (χ1) is 6.84. The summed E-state index contributed by atoms with van der Waals surface area (Å²) in [5, 5.41) is 11.7. The summed E-state index contributed by atoms with van der Waals surface area (Å²) in [5.41, 5.74) is 2.14. The van der Waals surface area contributed by atoms with Crippen molar-refractivity contribution in [3.63, 3.8) is 0 Å². The SMILES string of the molecule is Cc1ccc(CC2CCNCC2)nn1. The number of piperidine rings is 1. The van der Waals surface area contributed by atoms with Gasteiger partial charge in [0.25, 0.3) is 0 Å². The fourth-order valence-electron chi connectivity index (χ4n) is 1.92. The monoisotopic (exact) mass is 191 g/mol. The fraction of sp³-hybridized carbons (Fsp3) is 0.636. The fourth-order valence-corrected chi connectivity index (χ4v) is 1.92. The standard InChI is InChI=1S/C11H17N3/c1-9-2-3-11(14-13-9)8-10-4-6-12-7-5-10/h2-3,10,12H,4-8H2,1H3. The second-order valence-electron chi connectivity index (χ2n) is 4.06. The van der Waals surface area contributed by atoms with Crippen molar-refractivity contribution in [1.29, 1.82) is 0 Å². The molecule has 2 heterocycles. The lowest BCUT2D eigenvalue weighted by atomic mass is 9.93. The Hall–Kier alpha value is -0.960. The molecule has 0 amide bonds. The molecule has 1 saturated heterocycles. The van der Waals surface area contributed by atoms with Crippen LogP contribution in [0.2, 0.25) is 0 Å². The average molecular weight is 191 g/mol. The molecule has 3 heteroatoms. The van der Waals surface area contributed by atoms with Crippen molar-refractivity contribution in [2.24, 2.45) is 5.92 Å². The van der Waals surface area contributed by atoms with Gasteiger partial charge in [0, 0.05) is 0 Å². The van der Waals surface area contributed by atoms with E-state index in [1.807, 2.05) is 13.0 Å². The molecule has 0 radical (unpaired) electrons. The van der Waals surface area contributed by atoms with Gasteiger partial charge in [-0.25, -0.2) is 0 Å². The van der Waals surface area contributed by atoms with Gasteiger partial charge in [0.15, 0.2) is 0 Å². The Morgan fingerprint density at radius 1 is 1.29 bits per heavy atom. The summed E-state index contributed by atoms with van der Waals surface area (Å²) in [7, 11) is 0. The van der Waals surface area contributed by atoms with Crippen molar-refractivity contribution in [3.8, 4) is 0 Å². The van der Waals surface area contributed by atoms with Crippen LogP contribution in [0.25, 0.3) is 0 Å². The maximum absolute atomic E-state index is 4.20. The summed E-state index contributed by atoms with van der Waals surface area (Å²) in [6.07, 6.45) is 3.64. The van der Waals surface area contributed by atoms with E-state index in [4.69, 9.17) is 0 Å². The van der Waals surface area contributed by atoms with E-state index < -0.39 is 0 Å². The lowest BCUT2D eigenvalue weighted by Crippen LogP contribution is -2.28. The highest BCUT2D eigenvalue weighted by molar-refractivity contribution is 5.06. The van der Waals surface area contributed by atoms with Crippen molar-refractivity contribution < 1.29 is 0 Å². The molecule has 3 nitrogen and oxygen atoms in total. The number of rotatable bonds is 2. The number of aromatic nitrogens is 2. The van der Waals surface area contributed by atoms with Crippen LogP contribution in [0, 0.1) is 12.8 Å². The molecule has 1 fully saturated rings. The predicted octanol–water partition coefficient (Wildman–Crippen LogP) is 1.33. The van der Waals surface area contributed by atoms with E-state index in [0.29, 0.717) is 0 Å². The van der Waals surface area contributed by atoms with E-state index in [-0.39, 0.29) is 0 Å². The second-order valence-corrected chi connectivity index (χ2v) is 4.06. The minimum absolute atomic E-state index is 0.799. The zero-order valence-corrected chi connectivity index (χ0v) is 8.66. The maximum atomic E-state index is 4.20. The van der Waals surface area contributed by atoms with E-state index in [0.717, 1.165) is 36.8 Å². The van der Waals surface area contributed by atoms with Crippen molar-refractivity contribution in [2.75, 3.05) is 13.1 Å². The summed E-state index contributed by atoms with van der Waals surface area (Å²) in [5.74, 6) is 0.799. The summed E-state index contributed by atoms with van der Waals surface area (Å²) < 4.78 is 0. The molecule has 0 spiro atoms. The Bertz CT molecular complexity index is 275. The highest BCUT2D eigenvalue weighted by Gasteiger charge is 2.13. The number of hydrogen-bond donors (Lipinski definition) is 1. The van der Waals surface area contributed by atoms with E-state index in [9.17, 15) is 0 Å². The molecule has 0 aliphatic carbocycles. The molecular formula is C11H17N3. The molecule has 0 aromatic carbocycles. The molecule has 0 bridgehead atoms. The molecule has 76 valence electrons. The van der Waals surface area contributed by atoms with Crippen LogP contribution < -0.4 is 5.32 Å². The molecule has 1 aromatic heterocycles. The number of hydrogen-bond acceptors (Lipinski definition) is 3. The van der Waals surface area contributed by atoms with Gasteiger partial charge in [-0.2, -0.15) is 10.2 Å². The topological polar surface area (TPSA) is 37.8 Å². The molecule has 14 heavy (non-hydrogen) atoms. The molecule has 1 aliphatic heterocycles. The molecule has 1 N–H and O–H groups in total. The van der Waals surface area contributed by atoms with Crippen molar-refractivity contribution >= 4 is 0 Å². The Kier molecular flexibility index (Phi) is 3.09. The van der Waals surface area contributed by atoms with Crippen molar-refractivity contribution in [1.82, 2.24) is 15.5 Å². The van der Waals surface area contributed by atoms with Crippen LogP contribution in [0.15, 0.2) is 12.1 Å². The third-order valence-corrected chi connectivity index (χ3v) is 2.81. The van der Waals surface area contributed by atoms with Gasteiger partial charge in [0.2, 0.25) is 0 Å². The van der Waals surface area contributed by atoms with Gasteiger partial charge in [-0.1, -0.05) is 0 Å². The van der Waals surface area contributed by atoms with Crippen molar-refractivity contribution in [3.05, 3.63) is 23.5 Å². The molecule has 0 unspecified atom stereocenters. The van der Waals surface area contributed by atoms with Gasteiger partial charge in [-0.3, -0.25) is 0 Å². The van der Waals surface area contributed by atoms with Gasteiger partial charge in [-0.05, 0) is 57.3 Å². The third-order valence-electron chi connectivity index (χ3n) is 2.81. The van der Waals surface area contributed by atoms with Crippen LogP contribution in [0.1, 0.15) is 24.2 Å². The van der Waals surface area contributed by atoms with Gasteiger partial charge in [-0.15, -0.1) is 0 Å². The first-order valence-electron chi connectivity index (χ1n) is 5.34. The van der Waals surface area contributed by atoms with Gasteiger partial charge >= 0.3 is 0 Å². The largest absolute Gasteiger partial charge is 0.317 e. The average Bonchev–Trinajstić information content (AvgIpc) is 2.23. The maximum Gasteiger partial charge on any atom is 0.0634 e. The summed E-state index contributed by atoms with van der Waals surface area (Å²) in [6.45, 7) is 4.29. The second kappa shape index (κ2) is 4.51. The molecule has 2 rings (SSSR count). The molecular weight excluding hydrogens is 174 g/mol. The number of aryl methyl sites for hydroxylation is 1. The Morgan fingerprint density at radius 2 is 2.07 bits per heavy atom. The summed E-state index contributed by atoms with van der Waals surface area (Å²) >= 11 is 0. The van der Waals surface area contributed by atoms with Crippen LogP contribution in [-0.2, 0) is 6.42 Å². The Labute approximate surface area is 84.9 Å². The summed E-state index contributed by atoms with van der Waals surface area (Å²) in [4.78, 5) is 0. The van der Waals surface area contributed by atoms with Crippen LogP contribution in [0.3, 0.4) is 0 Å². The highest BCUT2D eigenvalue weighted by atomic mass is 15.1. The highest BCUT2D eigenvalue weighted by Crippen LogP contribution is 2.16.